The maximum Gasteiger partial charge on any atom is 0.249 e. The summed E-state index contributed by atoms with van der Waals surface area (Å²) < 4.78 is 0. The van der Waals surface area contributed by atoms with Crippen molar-refractivity contribution in [2.45, 2.75) is 25.8 Å². The number of rotatable bonds is 2. The van der Waals surface area contributed by atoms with E-state index >= 15 is 0 Å². The van der Waals surface area contributed by atoms with Gasteiger partial charge >= 0.3 is 0 Å². The van der Waals surface area contributed by atoms with Crippen molar-refractivity contribution in [2.24, 2.45) is 0 Å². The first-order valence-corrected chi connectivity index (χ1v) is 5.62. The lowest BCUT2D eigenvalue weighted by molar-refractivity contribution is -0.136. The third-order valence-electron chi connectivity index (χ3n) is 3.09. The van der Waals surface area contributed by atoms with Crippen LogP contribution in [0.5, 0.6) is 0 Å². The molecule has 0 aliphatic carbocycles. The average molecular weight is 237 g/mol. The number of imide groups is 1. The van der Waals surface area contributed by atoms with Gasteiger partial charge in [0.15, 0.2) is 0 Å². The summed E-state index contributed by atoms with van der Waals surface area (Å²) in [6, 6.07) is -0.594. The summed E-state index contributed by atoms with van der Waals surface area (Å²) in [6.45, 7) is 3.21. The highest BCUT2D eigenvalue weighted by molar-refractivity contribution is 6.03. The number of amides is 3. The van der Waals surface area contributed by atoms with Crippen LogP contribution in [0.15, 0.2) is 11.1 Å². The highest BCUT2D eigenvalue weighted by Crippen LogP contribution is 2.10. The summed E-state index contributed by atoms with van der Waals surface area (Å²) in [7, 11) is 0. The van der Waals surface area contributed by atoms with Crippen LogP contribution >= 0.6 is 0 Å². The Hall–Kier alpha value is -1.69. The van der Waals surface area contributed by atoms with Gasteiger partial charge in [0.25, 0.3) is 0 Å². The zero-order valence-electron chi connectivity index (χ0n) is 9.63. The standard InChI is InChI=1S/C11H15N3O3/c1-6(7-4-12-5-7)10(16)13-8-2-3-9(15)14-11(8)17/h8,12H,2-5H2,1H3,(H,13,16)(H,14,15,17). The molecule has 6 nitrogen and oxygen atoms in total. The molecule has 3 amide bonds. The molecule has 0 saturated carbocycles. The van der Waals surface area contributed by atoms with Crippen molar-refractivity contribution in [2.75, 3.05) is 13.1 Å². The summed E-state index contributed by atoms with van der Waals surface area (Å²) in [5.41, 5.74) is 1.73. The van der Waals surface area contributed by atoms with Gasteiger partial charge in [-0.3, -0.25) is 19.7 Å². The molecule has 0 radical (unpaired) electrons. The van der Waals surface area contributed by atoms with E-state index in [4.69, 9.17) is 0 Å². The molecule has 0 aromatic carbocycles. The van der Waals surface area contributed by atoms with Crippen LogP contribution in [0.1, 0.15) is 19.8 Å². The Kier molecular flexibility index (Phi) is 3.23. The summed E-state index contributed by atoms with van der Waals surface area (Å²) in [4.78, 5) is 34.2. The fourth-order valence-corrected chi connectivity index (χ4v) is 1.77. The van der Waals surface area contributed by atoms with Gasteiger partial charge in [-0.1, -0.05) is 0 Å². The van der Waals surface area contributed by atoms with Crippen molar-refractivity contribution in [3.8, 4) is 0 Å². The first kappa shape index (κ1) is 11.8. The van der Waals surface area contributed by atoms with Gasteiger partial charge in [-0.15, -0.1) is 0 Å². The van der Waals surface area contributed by atoms with Gasteiger partial charge in [0.05, 0.1) is 0 Å². The van der Waals surface area contributed by atoms with Crippen LogP contribution in [-0.4, -0.2) is 36.9 Å². The molecule has 1 atom stereocenters. The zero-order valence-corrected chi connectivity index (χ0v) is 9.63. The first-order valence-electron chi connectivity index (χ1n) is 5.62. The lowest BCUT2D eigenvalue weighted by Gasteiger charge is -2.25. The molecule has 2 fully saturated rings. The van der Waals surface area contributed by atoms with E-state index in [0.29, 0.717) is 12.0 Å². The molecule has 6 heteroatoms. The largest absolute Gasteiger partial charge is 0.340 e. The monoisotopic (exact) mass is 237 g/mol. The molecule has 92 valence electrons. The molecule has 1 unspecified atom stereocenters. The predicted molar refractivity (Wildman–Crippen MR) is 59.9 cm³/mol. The van der Waals surface area contributed by atoms with Gasteiger partial charge in [0.1, 0.15) is 6.04 Å². The number of carbonyl (C=O) groups is 3. The smallest absolute Gasteiger partial charge is 0.249 e. The van der Waals surface area contributed by atoms with Crippen molar-refractivity contribution in [3.05, 3.63) is 11.1 Å². The van der Waals surface area contributed by atoms with Gasteiger partial charge in [-0.05, 0) is 18.9 Å². The van der Waals surface area contributed by atoms with Gasteiger partial charge in [-0.25, -0.2) is 0 Å². The Bertz CT molecular complexity index is 408. The Labute approximate surface area is 98.8 Å². The molecule has 2 heterocycles. The minimum Gasteiger partial charge on any atom is -0.340 e. The second kappa shape index (κ2) is 4.67. The van der Waals surface area contributed by atoms with E-state index in [2.05, 4.69) is 16.0 Å². The normalized spacial score (nSPS) is 23.8. The molecule has 2 saturated heterocycles. The fourth-order valence-electron chi connectivity index (χ4n) is 1.77. The number of nitrogens with one attached hydrogen (secondary N) is 3. The Morgan fingerprint density at radius 2 is 2.06 bits per heavy atom. The highest BCUT2D eigenvalue weighted by atomic mass is 16.2. The lowest BCUT2D eigenvalue weighted by Crippen LogP contribution is -2.52. The van der Waals surface area contributed by atoms with Crippen molar-refractivity contribution in [1.29, 1.82) is 0 Å². The molecule has 2 aliphatic heterocycles. The van der Waals surface area contributed by atoms with Gasteiger partial charge in [0.2, 0.25) is 17.7 Å². The second-order valence-electron chi connectivity index (χ2n) is 4.31. The third kappa shape index (κ3) is 2.52. The van der Waals surface area contributed by atoms with E-state index in [9.17, 15) is 14.4 Å². The molecular weight excluding hydrogens is 222 g/mol. The highest BCUT2D eigenvalue weighted by Gasteiger charge is 2.28. The molecular formula is C11H15N3O3. The van der Waals surface area contributed by atoms with Crippen molar-refractivity contribution >= 4 is 17.7 Å². The summed E-state index contributed by atoms with van der Waals surface area (Å²) in [6.07, 6.45) is 0.644. The Morgan fingerprint density at radius 1 is 1.35 bits per heavy atom. The Morgan fingerprint density at radius 3 is 2.59 bits per heavy atom. The minimum absolute atomic E-state index is 0.226. The SMILES string of the molecule is CC(C(=O)NC1CCC(=O)NC1=O)=C1CNC1. The zero-order chi connectivity index (χ0) is 12.4. The van der Waals surface area contributed by atoms with Crippen LogP contribution in [-0.2, 0) is 14.4 Å². The topological polar surface area (TPSA) is 87.3 Å². The van der Waals surface area contributed by atoms with Crippen LogP contribution in [0.25, 0.3) is 0 Å². The molecule has 2 aliphatic rings. The van der Waals surface area contributed by atoms with E-state index in [0.717, 1.165) is 18.7 Å². The average Bonchev–Trinajstić information content (AvgIpc) is 2.19. The summed E-state index contributed by atoms with van der Waals surface area (Å²) in [5.74, 6) is -0.922. The van der Waals surface area contributed by atoms with Crippen molar-refractivity contribution < 1.29 is 14.4 Å². The number of piperidine rings is 1. The fraction of sp³-hybridized carbons (Fsp3) is 0.545. The molecule has 17 heavy (non-hydrogen) atoms. The number of hydrogen-bond acceptors (Lipinski definition) is 4. The molecule has 0 aromatic rings. The van der Waals surface area contributed by atoms with Crippen LogP contribution in [0.2, 0.25) is 0 Å². The second-order valence-corrected chi connectivity index (χ2v) is 4.31. The first-order chi connectivity index (χ1) is 8.08. The van der Waals surface area contributed by atoms with Crippen LogP contribution in [0.3, 0.4) is 0 Å². The molecule has 2 rings (SSSR count). The summed E-state index contributed by atoms with van der Waals surface area (Å²) in [5, 5.41) is 7.91. The van der Waals surface area contributed by atoms with Gasteiger partial charge in [-0.2, -0.15) is 0 Å². The lowest BCUT2D eigenvalue weighted by atomic mass is 10.0. The number of carbonyl (C=O) groups excluding carboxylic acids is 3. The van der Waals surface area contributed by atoms with E-state index in [1.54, 1.807) is 6.92 Å². The minimum atomic E-state index is -0.594. The Balaban J connectivity index is 1.94. The van der Waals surface area contributed by atoms with Gasteiger partial charge in [0, 0.05) is 25.1 Å². The van der Waals surface area contributed by atoms with E-state index in [-0.39, 0.29) is 18.2 Å². The molecule has 3 N–H and O–H groups in total. The van der Waals surface area contributed by atoms with Crippen LogP contribution < -0.4 is 16.0 Å². The van der Waals surface area contributed by atoms with Crippen molar-refractivity contribution in [3.63, 3.8) is 0 Å². The molecule has 0 aromatic heterocycles. The van der Waals surface area contributed by atoms with Crippen LogP contribution in [0.4, 0.5) is 0 Å². The summed E-state index contributed by atoms with van der Waals surface area (Å²) >= 11 is 0. The third-order valence-corrected chi connectivity index (χ3v) is 3.09. The van der Waals surface area contributed by atoms with Crippen LogP contribution in [0, 0.1) is 0 Å². The van der Waals surface area contributed by atoms with E-state index < -0.39 is 11.9 Å². The molecule has 0 bridgehead atoms. The van der Waals surface area contributed by atoms with Crippen molar-refractivity contribution in [1.82, 2.24) is 16.0 Å². The maximum atomic E-state index is 11.8. The number of hydrogen-bond donors (Lipinski definition) is 3. The maximum absolute atomic E-state index is 11.8. The quantitative estimate of drug-likeness (QED) is 0.417. The van der Waals surface area contributed by atoms with E-state index in [1.165, 1.54) is 0 Å². The van der Waals surface area contributed by atoms with Gasteiger partial charge < -0.3 is 10.6 Å². The predicted octanol–water partition coefficient (Wildman–Crippen LogP) is -1.17. The van der Waals surface area contributed by atoms with E-state index in [1.807, 2.05) is 0 Å². The molecule has 0 spiro atoms.